The summed E-state index contributed by atoms with van der Waals surface area (Å²) in [5.41, 5.74) is 3.52. The molecular weight excluding hydrogens is 396 g/mol. The molecule has 2 aromatic carbocycles. The van der Waals surface area contributed by atoms with E-state index in [1.807, 2.05) is 57.2 Å². The fraction of sp³-hybridized carbons (Fsp3) is 0.375. The number of thioether (sulfide) groups is 1. The van der Waals surface area contributed by atoms with Gasteiger partial charge in [-0.15, -0.1) is 0 Å². The molecule has 1 aliphatic rings. The second kappa shape index (κ2) is 8.74. The zero-order valence-corrected chi connectivity index (χ0v) is 18.4. The molecule has 1 saturated heterocycles. The third kappa shape index (κ3) is 4.20. The lowest BCUT2D eigenvalue weighted by Crippen LogP contribution is -2.29. The molecule has 5 nitrogen and oxygen atoms in total. The maximum atomic E-state index is 13.2. The minimum Gasteiger partial charge on any atom is -0.376 e. The number of carbonyl (C=O) groups excluding carboxylic acids is 1. The highest BCUT2D eigenvalue weighted by molar-refractivity contribution is 8.00. The van der Waals surface area contributed by atoms with E-state index in [0.29, 0.717) is 28.2 Å². The molecule has 4 rings (SSSR count). The smallest absolute Gasteiger partial charge is 0.262 e. The molecule has 1 aliphatic heterocycles. The van der Waals surface area contributed by atoms with Crippen molar-refractivity contribution in [2.75, 3.05) is 6.61 Å². The van der Waals surface area contributed by atoms with Crippen molar-refractivity contribution in [2.45, 2.75) is 56.7 Å². The van der Waals surface area contributed by atoms with Crippen LogP contribution in [0.2, 0.25) is 0 Å². The van der Waals surface area contributed by atoms with Gasteiger partial charge in [-0.1, -0.05) is 36.0 Å². The number of para-hydroxylation sites is 1. The quantitative estimate of drug-likeness (QED) is 0.331. The average Bonchev–Trinajstić information content (AvgIpc) is 3.25. The van der Waals surface area contributed by atoms with Gasteiger partial charge in [-0.2, -0.15) is 0 Å². The van der Waals surface area contributed by atoms with E-state index < -0.39 is 0 Å². The standard InChI is InChI=1S/C24H26N2O3S/c1-15-10-11-18(13-16(15)2)22(27)17(3)30-24-25-21-9-5-4-8-20(21)23(28)26(24)14-19-7-6-12-29-19/h4-5,8-11,13,17,19H,6-7,12,14H2,1-3H3/t17-,19+/m1/s1. The Morgan fingerprint density at radius 3 is 2.77 bits per heavy atom. The maximum Gasteiger partial charge on any atom is 0.262 e. The fourth-order valence-corrected chi connectivity index (χ4v) is 4.73. The molecule has 0 unspecified atom stereocenters. The first-order valence-corrected chi connectivity index (χ1v) is 11.2. The zero-order valence-electron chi connectivity index (χ0n) is 17.6. The van der Waals surface area contributed by atoms with Crippen LogP contribution in [-0.4, -0.2) is 33.3 Å². The van der Waals surface area contributed by atoms with Crippen molar-refractivity contribution in [1.29, 1.82) is 0 Å². The molecule has 0 bridgehead atoms. The van der Waals surface area contributed by atoms with Crippen LogP contribution in [0.15, 0.2) is 52.4 Å². The van der Waals surface area contributed by atoms with E-state index in [1.54, 1.807) is 10.6 Å². The van der Waals surface area contributed by atoms with Crippen molar-refractivity contribution in [3.8, 4) is 0 Å². The number of ketones is 1. The summed E-state index contributed by atoms with van der Waals surface area (Å²) in [6.07, 6.45) is 1.95. The Hall–Kier alpha value is -2.44. The number of aryl methyl sites for hydroxylation is 2. The van der Waals surface area contributed by atoms with Gasteiger partial charge in [-0.05, 0) is 62.9 Å². The monoisotopic (exact) mass is 422 g/mol. The largest absolute Gasteiger partial charge is 0.376 e. The van der Waals surface area contributed by atoms with Gasteiger partial charge in [0.25, 0.3) is 5.56 Å². The van der Waals surface area contributed by atoms with Crippen LogP contribution >= 0.6 is 11.8 Å². The first kappa shape index (κ1) is 20.8. The maximum absolute atomic E-state index is 13.2. The third-order valence-corrected chi connectivity index (χ3v) is 6.77. The molecule has 156 valence electrons. The number of ether oxygens (including phenoxy) is 1. The van der Waals surface area contributed by atoms with Crippen molar-refractivity contribution in [1.82, 2.24) is 9.55 Å². The van der Waals surface area contributed by atoms with Crippen LogP contribution in [-0.2, 0) is 11.3 Å². The number of fused-ring (bicyclic) bond motifs is 1. The predicted octanol–water partition coefficient (Wildman–Crippen LogP) is 4.56. The molecule has 0 amide bonds. The number of rotatable bonds is 6. The Kier molecular flexibility index (Phi) is 6.06. The minimum absolute atomic E-state index is 0.00997. The molecule has 6 heteroatoms. The van der Waals surface area contributed by atoms with Gasteiger partial charge in [0.2, 0.25) is 0 Å². The second-order valence-electron chi connectivity index (χ2n) is 7.89. The van der Waals surface area contributed by atoms with Crippen LogP contribution in [0.1, 0.15) is 41.3 Å². The van der Waals surface area contributed by atoms with Crippen LogP contribution in [0, 0.1) is 13.8 Å². The molecule has 3 aromatic rings. The van der Waals surface area contributed by atoms with Gasteiger partial charge in [0.15, 0.2) is 10.9 Å². The topological polar surface area (TPSA) is 61.2 Å². The van der Waals surface area contributed by atoms with E-state index in [9.17, 15) is 9.59 Å². The highest BCUT2D eigenvalue weighted by Gasteiger charge is 2.24. The Bertz CT molecular complexity index is 1150. The van der Waals surface area contributed by atoms with Crippen molar-refractivity contribution in [2.24, 2.45) is 0 Å². The van der Waals surface area contributed by atoms with E-state index in [4.69, 9.17) is 9.72 Å². The summed E-state index contributed by atoms with van der Waals surface area (Å²) < 4.78 is 7.45. The number of Topliss-reactive ketones (excluding diaryl/α,β-unsaturated/α-hetero) is 1. The highest BCUT2D eigenvalue weighted by Crippen LogP contribution is 2.27. The van der Waals surface area contributed by atoms with Crippen LogP contribution in [0.25, 0.3) is 10.9 Å². The molecule has 0 aliphatic carbocycles. The molecule has 0 N–H and O–H groups in total. The minimum atomic E-state index is -0.365. The zero-order chi connectivity index (χ0) is 21.3. The molecule has 30 heavy (non-hydrogen) atoms. The number of nitrogens with zero attached hydrogens (tertiary/aromatic N) is 2. The first-order chi connectivity index (χ1) is 14.4. The van der Waals surface area contributed by atoms with Gasteiger partial charge in [-0.3, -0.25) is 14.2 Å². The second-order valence-corrected chi connectivity index (χ2v) is 9.19. The van der Waals surface area contributed by atoms with Crippen LogP contribution in [0.3, 0.4) is 0 Å². The Labute approximate surface area is 180 Å². The van der Waals surface area contributed by atoms with E-state index in [2.05, 4.69) is 0 Å². The van der Waals surface area contributed by atoms with Gasteiger partial charge >= 0.3 is 0 Å². The van der Waals surface area contributed by atoms with Crippen molar-refractivity contribution in [3.05, 3.63) is 69.5 Å². The molecule has 2 heterocycles. The lowest BCUT2D eigenvalue weighted by atomic mass is 10.0. The summed E-state index contributed by atoms with van der Waals surface area (Å²) >= 11 is 1.34. The molecule has 2 atom stereocenters. The number of carbonyl (C=O) groups is 1. The van der Waals surface area contributed by atoms with Crippen LogP contribution < -0.4 is 5.56 Å². The number of hydrogen-bond donors (Lipinski definition) is 0. The molecular formula is C24H26N2O3S. The predicted molar refractivity (Wildman–Crippen MR) is 121 cm³/mol. The summed E-state index contributed by atoms with van der Waals surface area (Å²) in [7, 11) is 0. The van der Waals surface area contributed by atoms with E-state index in [0.717, 1.165) is 30.6 Å². The molecule has 1 fully saturated rings. The third-order valence-electron chi connectivity index (χ3n) is 5.68. The lowest BCUT2D eigenvalue weighted by molar-refractivity contribution is 0.0937. The van der Waals surface area contributed by atoms with E-state index in [-0.39, 0.29) is 22.7 Å². The molecule has 0 saturated carbocycles. The summed E-state index contributed by atoms with van der Waals surface area (Å²) in [6, 6.07) is 13.1. The van der Waals surface area contributed by atoms with Crippen LogP contribution in [0.5, 0.6) is 0 Å². The highest BCUT2D eigenvalue weighted by atomic mass is 32.2. The van der Waals surface area contributed by atoms with Crippen molar-refractivity contribution < 1.29 is 9.53 Å². The Morgan fingerprint density at radius 1 is 1.23 bits per heavy atom. The number of benzene rings is 2. The van der Waals surface area contributed by atoms with Crippen LogP contribution in [0.4, 0.5) is 0 Å². The Morgan fingerprint density at radius 2 is 2.03 bits per heavy atom. The van der Waals surface area contributed by atoms with Gasteiger partial charge in [0, 0.05) is 12.2 Å². The summed E-state index contributed by atoms with van der Waals surface area (Å²) in [5, 5.41) is 0.794. The van der Waals surface area contributed by atoms with E-state index >= 15 is 0 Å². The van der Waals surface area contributed by atoms with Crippen molar-refractivity contribution in [3.63, 3.8) is 0 Å². The first-order valence-electron chi connectivity index (χ1n) is 10.3. The average molecular weight is 423 g/mol. The normalized spacial score (nSPS) is 17.4. The molecule has 0 radical (unpaired) electrons. The number of aromatic nitrogens is 2. The number of hydrogen-bond acceptors (Lipinski definition) is 5. The van der Waals surface area contributed by atoms with Gasteiger partial charge in [-0.25, -0.2) is 4.98 Å². The molecule has 0 spiro atoms. The van der Waals surface area contributed by atoms with Gasteiger partial charge < -0.3 is 4.74 Å². The Balaban J connectivity index is 1.68. The SMILES string of the molecule is Cc1ccc(C(=O)[C@@H](C)Sc2nc3ccccc3c(=O)n2C[C@@H]2CCCO2)cc1C. The van der Waals surface area contributed by atoms with E-state index in [1.165, 1.54) is 11.8 Å². The molecule has 1 aromatic heterocycles. The summed E-state index contributed by atoms with van der Waals surface area (Å²) in [6.45, 7) is 7.10. The fourth-order valence-electron chi connectivity index (χ4n) is 3.73. The summed E-state index contributed by atoms with van der Waals surface area (Å²) in [5.74, 6) is 0.0363. The van der Waals surface area contributed by atoms with Gasteiger partial charge in [0.1, 0.15) is 0 Å². The summed E-state index contributed by atoms with van der Waals surface area (Å²) in [4.78, 5) is 31.0. The lowest BCUT2D eigenvalue weighted by Gasteiger charge is -2.18. The van der Waals surface area contributed by atoms with Gasteiger partial charge in [0.05, 0.1) is 28.8 Å². The van der Waals surface area contributed by atoms with Crippen molar-refractivity contribution >= 4 is 28.4 Å².